The van der Waals surface area contributed by atoms with E-state index >= 15 is 0 Å². The number of pyridine rings is 1. The second-order valence-electron chi connectivity index (χ2n) is 3.41. The molecule has 0 aromatic carbocycles. The smallest absolute Gasteiger partial charge is 0.251 e. The van der Waals surface area contributed by atoms with Gasteiger partial charge >= 0.3 is 0 Å². The fourth-order valence-electron chi connectivity index (χ4n) is 1.30. The van der Waals surface area contributed by atoms with Crippen LogP contribution in [0.1, 0.15) is 20.9 Å². The molecule has 4 nitrogen and oxygen atoms in total. The SMILES string of the molecule is Cc1ncsc1CNC(=O)c1ccnc(F)c1. The molecule has 0 radical (unpaired) electrons. The zero-order valence-electron chi connectivity index (χ0n) is 9.11. The van der Waals surface area contributed by atoms with E-state index in [4.69, 9.17) is 0 Å². The molecule has 1 N–H and O–H groups in total. The molecule has 2 rings (SSSR count). The van der Waals surface area contributed by atoms with Gasteiger partial charge in [-0.1, -0.05) is 0 Å². The van der Waals surface area contributed by atoms with Crippen molar-refractivity contribution in [1.29, 1.82) is 0 Å². The van der Waals surface area contributed by atoms with E-state index in [0.29, 0.717) is 6.54 Å². The lowest BCUT2D eigenvalue weighted by atomic mass is 10.2. The average molecular weight is 251 g/mol. The number of carbonyl (C=O) groups is 1. The summed E-state index contributed by atoms with van der Waals surface area (Å²) in [7, 11) is 0. The number of aromatic nitrogens is 2. The summed E-state index contributed by atoms with van der Waals surface area (Å²) in [6.07, 6.45) is 1.27. The first-order valence-electron chi connectivity index (χ1n) is 4.95. The van der Waals surface area contributed by atoms with E-state index in [-0.39, 0.29) is 11.5 Å². The van der Waals surface area contributed by atoms with Crippen LogP contribution in [0, 0.1) is 12.9 Å². The van der Waals surface area contributed by atoms with Crippen LogP contribution in [-0.2, 0) is 6.54 Å². The van der Waals surface area contributed by atoms with Crippen molar-refractivity contribution in [1.82, 2.24) is 15.3 Å². The molecule has 0 aliphatic rings. The Balaban J connectivity index is 2.01. The third-order valence-electron chi connectivity index (χ3n) is 2.24. The molecule has 0 unspecified atom stereocenters. The van der Waals surface area contributed by atoms with Gasteiger partial charge in [-0.15, -0.1) is 11.3 Å². The summed E-state index contributed by atoms with van der Waals surface area (Å²) in [4.78, 5) is 20.1. The molecule has 88 valence electrons. The molecule has 0 saturated carbocycles. The fraction of sp³-hybridized carbons (Fsp3) is 0.182. The molecule has 1 amide bonds. The molecular formula is C11H10FN3OS. The highest BCUT2D eigenvalue weighted by atomic mass is 32.1. The lowest BCUT2D eigenvalue weighted by molar-refractivity contribution is 0.0950. The summed E-state index contributed by atoms with van der Waals surface area (Å²) in [5, 5.41) is 2.71. The van der Waals surface area contributed by atoms with Gasteiger partial charge in [0.05, 0.1) is 17.7 Å². The van der Waals surface area contributed by atoms with Crippen LogP contribution >= 0.6 is 11.3 Å². The minimum atomic E-state index is -0.661. The first-order chi connectivity index (χ1) is 8.16. The molecule has 2 aromatic rings. The van der Waals surface area contributed by atoms with Gasteiger partial charge in [0.15, 0.2) is 0 Å². The van der Waals surface area contributed by atoms with Crippen molar-refractivity contribution in [3.05, 3.63) is 45.9 Å². The summed E-state index contributed by atoms with van der Waals surface area (Å²) in [5.74, 6) is -0.981. The van der Waals surface area contributed by atoms with Gasteiger partial charge in [-0.25, -0.2) is 9.97 Å². The monoisotopic (exact) mass is 251 g/mol. The number of hydrogen-bond donors (Lipinski definition) is 1. The van der Waals surface area contributed by atoms with E-state index in [2.05, 4.69) is 15.3 Å². The van der Waals surface area contributed by atoms with Crippen molar-refractivity contribution in [2.45, 2.75) is 13.5 Å². The molecular weight excluding hydrogens is 241 g/mol. The maximum atomic E-state index is 12.8. The normalized spacial score (nSPS) is 10.2. The van der Waals surface area contributed by atoms with Crippen LogP contribution in [0.3, 0.4) is 0 Å². The predicted molar refractivity (Wildman–Crippen MR) is 62.2 cm³/mol. The first-order valence-corrected chi connectivity index (χ1v) is 5.83. The van der Waals surface area contributed by atoms with Crippen LogP contribution < -0.4 is 5.32 Å². The van der Waals surface area contributed by atoms with Gasteiger partial charge < -0.3 is 5.32 Å². The Kier molecular flexibility index (Phi) is 3.43. The van der Waals surface area contributed by atoms with Crippen LogP contribution in [-0.4, -0.2) is 15.9 Å². The number of thiazole rings is 1. The Bertz CT molecular complexity index is 541. The Morgan fingerprint density at radius 3 is 3.00 bits per heavy atom. The van der Waals surface area contributed by atoms with Gasteiger partial charge in [0.25, 0.3) is 5.91 Å². The van der Waals surface area contributed by atoms with E-state index in [1.54, 1.807) is 5.51 Å². The van der Waals surface area contributed by atoms with Gasteiger partial charge in [0.1, 0.15) is 0 Å². The Morgan fingerprint density at radius 1 is 1.53 bits per heavy atom. The molecule has 17 heavy (non-hydrogen) atoms. The van der Waals surface area contributed by atoms with Crippen LogP contribution in [0.25, 0.3) is 0 Å². The van der Waals surface area contributed by atoms with E-state index < -0.39 is 5.95 Å². The van der Waals surface area contributed by atoms with Crippen molar-refractivity contribution < 1.29 is 9.18 Å². The number of nitrogens with one attached hydrogen (secondary N) is 1. The number of aryl methyl sites for hydroxylation is 1. The minimum Gasteiger partial charge on any atom is -0.347 e. The van der Waals surface area contributed by atoms with Crippen molar-refractivity contribution in [3.8, 4) is 0 Å². The second-order valence-corrected chi connectivity index (χ2v) is 4.35. The third-order valence-corrected chi connectivity index (χ3v) is 3.18. The van der Waals surface area contributed by atoms with Crippen molar-refractivity contribution in [2.75, 3.05) is 0 Å². The lowest BCUT2D eigenvalue weighted by Crippen LogP contribution is -2.22. The number of hydrogen-bond acceptors (Lipinski definition) is 4. The first kappa shape index (κ1) is 11.7. The van der Waals surface area contributed by atoms with Gasteiger partial charge in [-0.2, -0.15) is 4.39 Å². The van der Waals surface area contributed by atoms with E-state index in [9.17, 15) is 9.18 Å². The molecule has 0 saturated heterocycles. The molecule has 2 heterocycles. The molecule has 0 aliphatic heterocycles. The highest BCUT2D eigenvalue weighted by molar-refractivity contribution is 7.09. The standard InChI is InChI=1S/C11H10FN3OS/c1-7-9(17-6-15-7)5-14-11(16)8-2-3-13-10(12)4-8/h2-4,6H,5H2,1H3,(H,14,16). The molecule has 0 spiro atoms. The van der Waals surface area contributed by atoms with Crippen molar-refractivity contribution in [3.63, 3.8) is 0 Å². The minimum absolute atomic E-state index is 0.264. The summed E-state index contributed by atoms with van der Waals surface area (Å²) in [6, 6.07) is 2.58. The third kappa shape index (κ3) is 2.85. The highest BCUT2D eigenvalue weighted by Gasteiger charge is 2.08. The Hall–Kier alpha value is -1.82. The van der Waals surface area contributed by atoms with E-state index in [1.807, 2.05) is 6.92 Å². The zero-order chi connectivity index (χ0) is 12.3. The quantitative estimate of drug-likeness (QED) is 0.848. The Labute approximate surface area is 102 Å². The summed E-state index contributed by atoms with van der Waals surface area (Å²) in [5.41, 5.74) is 2.89. The molecule has 2 aromatic heterocycles. The predicted octanol–water partition coefficient (Wildman–Crippen LogP) is 1.92. The number of rotatable bonds is 3. The second kappa shape index (κ2) is 5.01. The van der Waals surface area contributed by atoms with Crippen LogP contribution in [0.5, 0.6) is 0 Å². The van der Waals surface area contributed by atoms with E-state index in [1.165, 1.54) is 23.6 Å². The van der Waals surface area contributed by atoms with Crippen molar-refractivity contribution in [2.24, 2.45) is 0 Å². The number of amides is 1. The largest absolute Gasteiger partial charge is 0.347 e. The number of halogens is 1. The van der Waals surface area contributed by atoms with Crippen LogP contribution in [0.4, 0.5) is 4.39 Å². The molecule has 0 bridgehead atoms. The summed E-state index contributed by atoms with van der Waals surface area (Å²) in [6.45, 7) is 2.28. The Morgan fingerprint density at radius 2 is 2.35 bits per heavy atom. The van der Waals surface area contributed by atoms with E-state index in [0.717, 1.165) is 16.6 Å². The van der Waals surface area contributed by atoms with Gasteiger partial charge in [0.2, 0.25) is 5.95 Å². The summed E-state index contributed by atoms with van der Waals surface area (Å²) >= 11 is 1.48. The maximum absolute atomic E-state index is 12.8. The van der Waals surface area contributed by atoms with Gasteiger partial charge in [0, 0.05) is 22.7 Å². The average Bonchev–Trinajstić information content (AvgIpc) is 2.72. The molecule has 0 fully saturated rings. The number of nitrogens with zero attached hydrogens (tertiary/aromatic N) is 2. The maximum Gasteiger partial charge on any atom is 0.251 e. The van der Waals surface area contributed by atoms with Gasteiger partial charge in [-0.05, 0) is 13.0 Å². The fourth-order valence-corrected chi connectivity index (χ4v) is 2.02. The topological polar surface area (TPSA) is 54.9 Å². The van der Waals surface area contributed by atoms with Crippen LogP contribution in [0.2, 0.25) is 0 Å². The number of carbonyl (C=O) groups excluding carboxylic acids is 1. The van der Waals surface area contributed by atoms with Crippen molar-refractivity contribution >= 4 is 17.2 Å². The van der Waals surface area contributed by atoms with Crippen LogP contribution in [0.15, 0.2) is 23.8 Å². The highest BCUT2D eigenvalue weighted by Crippen LogP contribution is 2.11. The molecule has 0 atom stereocenters. The zero-order valence-corrected chi connectivity index (χ0v) is 9.92. The van der Waals surface area contributed by atoms with Gasteiger partial charge in [-0.3, -0.25) is 4.79 Å². The molecule has 0 aliphatic carbocycles. The lowest BCUT2D eigenvalue weighted by Gasteiger charge is -2.03. The molecule has 6 heteroatoms. The summed E-state index contributed by atoms with van der Waals surface area (Å²) < 4.78 is 12.8.